The Balaban J connectivity index is 1.59. The van der Waals surface area contributed by atoms with Crippen LogP contribution in [-0.4, -0.2) is 34.0 Å². The van der Waals surface area contributed by atoms with Crippen LogP contribution in [0, 0.1) is 6.92 Å². The first-order valence-electron chi connectivity index (χ1n) is 10.9. The number of nitrogens with zero attached hydrogens (tertiary/aromatic N) is 1. The van der Waals surface area contributed by atoms with Crippen LogP contribution in [0.3, 0.4) is 0 Å². The van der Waals surface area contributed by atoms with E-state index in [-0.39, 0.29) is 12.1 Å². The van der Waals surface area contributed by atoms with Crippen LogP contribution < -0.4 is 9.47 Å². The number of fused-ring (bicyclic) bond motifs is 1. The molecule has 0 aromatic heterocycles. The average molecular weight is 446 g/mol. The van der Waals surface area contributed by atoms with Gasteiger partial charge in [0, 0.05) is 13.0 Å². The molecule has 1 heterocycles. The average Bonchev–Trinajstić information content (AvgIpc) is 3.07. The van der Waals surface area contributed by atoms with Crippen molar-refractivity contribution < 1.29 is 24.2 Å². The van der Waals surface area contributed by atoms with Crippen molar-refractivity contribution in [2.45, 2.75) is 39.3 Å². The molecule has 0 spiro atoms. The van der Waals surface area contributed by atoms with E-state index in [1.807, 2.05) is 63.2 Å². The number of carbonyl (C=O) groups is 2. The predicted molar refractivity (Wildman–Crippen MR) is 125 cm³/mol. The van der Waals surface area contributed by atoms with Crippen molar-refractivity contribution in [3.63, 3.8) is 0 Å². The summed E-state index contributed by atoms with van der Waals surface area (Å²) in [6, 6.07) is 20.1. The highest BCUT2D eigenvalue weighted by molar-refractivity contribution is 5.98. The topological polar surface area (TPSA) is 76.1 Å². The third-order valence-electron chi connectivity index (χ3n) is 5.48. The largest absolute Gasteiger partial charge is 0.487 e. The molecule has 6 nitrogen and oxygen atoms in total. The van der Waals surface area contributed by atoms with E-state index >= 15 is 0 Å². The first kappa shape index (κ1) is 22.4. The molecular weight excluding hydrogens is 418 g/mol. The van der Waals surface area contributed by atoms with Crippen molar-refractivity contribution in [3.8, 4) is 17.2 Å². The third-order valence-corrected chi connectivity index (χ3v) is 5.48. The van der Waals surface area contributed by atoms with Gasteiger partial charge in [0.1, 0.15) is 29.4 Å². The Morgan fingerprint density at radius 3 is 2.52 bits per heavy atom. The van der Waals surface area contributed by atoms with E-state index in [4.69, 9.17) is 9.47 Å². The Morgan fingerprint density at radius 2 is 1.79 bits per heavy atom. The van der Waals surface area contributed by atoms with Crippen molar-refractivity contribution in [2.24, 2.45) is 0 Å². The monoisotopic (exact) mass is 445 g/mol. The van der Waals surface area contributed by atoms with Gasteiger partial charge in [0.2, 0.25) is 0 Å². The lowest BCUT2D eigenvalue weighted by atomic mass is 10.00. The Morgan fingerprint density at radius 1 is 1.06 bits per heavy atom. The number of benzene rings is 3. The van der Waals surface area contributed by atoms with Crippen molar-refractivity contribution in [2.75, 3.05) is 6.54 Å². The summed E-state index contributed by atoms with van der Waals surface area (Å²) in [5, 5.41) is 9.47. The highest BCUT2D eigenvalue weighted by Crippen LogP contribution is 2.35. The van der Waals surface area contributed by atoms with Crippen LogP contribution in [0.25, 0.3) is 0 Å². The van der Waals surface area contributed by atoms with Crippen molar-refractivity contribution in [1.82, 2.24) is 4.90 Å². The highest BCUT2D eigenvalue weighted by Gasteiger charge is 2.30. The molecule has 0 unspecified atom stereocenters. The van der Waals surface area contributed by atoms with Crippen LogP contribution in [0.15, 0.2) is 66.7 Å². The lowest BCUT2D eigenvalue weighted by Gasteiger charge is -2.22. The molecule has 6 heteroatoms. The number of aliphatic carboxylic acids is 1. The minimum Gasteiger partial charge on any atom is -0.487 e. The van der Waals surface area contributed by atoms with Crippen molar-refractivity contribution in [1.29, 1.82) is 0 Å². The molecule has 3 aromatic rings. The summed E-state index contributed by atoms with van der Waals surface area (Å²) in [7, 11) is 0. The number of para-hydroxylation sites is 1. The Kier molecular flexibility index (Phi) is 6.09. The molecule has 170 valence electrons. The molecule has 3 aromatic carbocycles. The van der Waals surface area contributed by atoms with Gasteiger partial charge in [0.25, 0.3) is 5.91 Å². The summed E-state index contributed by atoms with van der Waals surface area (Å²) in [6.07, 6.45) is 0.760. The second kappa shape index (κ2) is 8.98. The minimum absolute atomic E-state index is 0.164. The van der Waals surface area contributed by atoms with Crippen LogP contribution in [0.2, 0.25) is 0 Å². The molecule has 0 fully saturated rings. The van der Waals surface area contributed by atoms with E-state index in [9.17, 15) is 14.7 Å². The lowest BCUT2D eigenvalue weighted by Crippen LogP contribution is -2.35. The summed E-state index contributed by atoms with van der Waals surface area (Å²) >= 11 is 0. The molecule has 33 heavy (non-hydrogen) atoms. The van der Waals surface area contributed by atoms with Gasteiger partial charge in [-0.05, 0) is 62.2 Å². The Hall–Kier alpha value is -3.80. The Labute approximate surface area is 193 Å². The highest BCUT2D eigenvalue weighted by atomic mass is 16.5. The minimum atomic E-state index is -1.08. The van der Waals surface area contributed by atoms with Gasteiger partial charge in [0.15, 0.2) is 0 Å². The summed E-state index contributed by atoms with van der Waals surface area (Å²) in [5.74, 6) is 0.331. The van der Waals surface area contributed by atoms with Crippen LogP contribution in [0.1, 0.15) is 40.9 Å². The normalized spacial score (nSPS) is 13.7. The van der Waals surface area contributed by atoms with E-state index in [0.717, 1.165) is 28.9 Å². The number of hydrogen-bond donors (Lipinski definition) is 1. The maximum atomic E-state index is 13.4. The number of carboxylic acid groups (broad SMARTS) is 1. The van der Waals surface area contributed by atoms with E-state index in [0.29, 0.717) is 17.1 Å². The first-order valence-corrected chi connectivity index (χ1v) is 10.9. The fourth-order valence-corrected chi connectivity index (χ4v) is 3.98. The number of aryl methyl sites for hydroxylation is 1. The molecular formula is C27H27NO5. The molecule has 0 saturated heterocycles. The second-order valence-corrected chi connectivity index (χ2v) is 8.95. The zero-order valence-electron chi connectivity index (χ0n) is 19.0. The van der Waals surface area contributed by atoms with E-state index in [2.05, 4.69) is 0 Å². The van der Waals surface area contributed by atoms with Crippen LogP contribution in [0.4, 0.5) is 0 Å². The SMILES string of the molecule is Cc1ccc(Oc2ccccc2C(=O)N(CC(=O)O)Cc2ccc3c(c2)CC(C)(C)O3)cc1. The number of rotatable bonds is 7. The zero-order chi connectivity index (χ0) is 23.6. The molecule has 0 saturated carbocycles. The number of ether oxygens (including phenoxy) is 2. The van der Waals surface area contributed by atoms with Crippen LogP contribution in [0.5, 0.6) is 17.2 Å². The number of carboxylic acids is 1. The fourth-order valence-electron chi connectivity index (χ4n) is 3.98. The molecule has 1 aliphatic heterocycles. The Bertz CT molecular complexity index is 1180. The first-order chi connectivity index (χ1) is 15.7. The molecule has 0 bridgehead atoms. The van der Waals surface area contributed by atoms with Crippen molar-refractivity contribution >= 4 is 11.9 Å². The number of amides is 1. The van der Waals surface area contributed by atoms with Crippen LogP contribution in [-0.2, 0) is 17.8 Å². The molecule has 4 rings (SSSR count). The second-order valence-electron chi connectivity index (χ2n) is 8.95. The van der Waals surface area contributed by atoms with Gasteiger partial charge in [-0.2, -0.15) is 0 Å². The summed E-state index contributed by atoms with van der Waals surface area (Å²) in [5.41, 5.74) is 3.04. The quantitative estimate of drug-likeness (QED) is 0.539. The molecule has 0 atom stereocenters. The molecule has 0 aliphatic carbocycles. The summed E-state index contributed by atoms with van der Waals surface area (Å²) in [4.78, 5) is 26.3. The molecule has 1 aliphatic rings. The van der Waals surface area contributed by atoms with E-state index < -0.39 is 18.4 Å². The van der Waals surface area contributed by atoms with Gasteiger partial charge >= 0.3 is 5.97 Å². The van der Waals surface area contributed by atoms with Crippen molar-refractivity contribution in [3.05, 3.63) is 89.0 Å². The molecule has 1 N–H and O–H groups in total. The van der Waals surface area contributed by atoms with Gasteiger partial charge in [-0.25, -0.2) is 0 Å². The lowest BCUT2D eigenvalue weighted by molar-refractivity contribution is -0.137. The third kappa shape index (κ3) is 5.34. The number of carbonyl (C=O) groups excluding carboxylic acids is 1. The van der Waals surface area contributed by atoms with Gasteiger partial charge in [-0.3, -0.25) is 9.59 Å². The maximum absolute atomic E-state index is 13.4. The van der Waals surface area contributed by atoms with Gasteiger partial charge in [0.05, 0.1) is 5.56 Å². The summed E-state index contributed by atoms with van der Waals surface area (Å²) < 4.78 is 11.9. The van der Waals surface area contributed by atoms with Gasteiger partial charge in [-0.1, -0.05) is 42.0 Å². The molecule has 1 amide bonds. The van der Waals surface area contributed by atoms with Gasteiger partial charge in [-0.15, -0.1) is 0 Å². The zero-order valence-corrected chi connectivity index (χ0v) is 19.0. The predicted octanol–water partition coefficient (Wildman–Crippen LogP) is 5.23. The number of hydrogen-bond acceptors (Lipinski definition) is 4. The fraction of sp³-hybridized carbons (Fsp3) is 0.259. The van der Waals surface area contributed by atoms with Crippen LogP contribution >= 0.6 is 0 Å². The molecule has 0 radical (unpaired) electrons. The standard InChI is InChI=1S/C27H27NO5/c1-18-8-11-21(12-9-18)32-24-7-5-4-6-22(24)26(31)28(17-25(29)30)16-19-10-13-23-20(14-19)15-27(2,3)33-23/h4-14H,15-17H2,1-3H3,(H,29,30). The van der Waals surface area contributed by atoms with E-state index in [1.54, 1.807) is 24.3 Å². The summed E-state index contributed by atoms with van der Waals surface area (Å²) in [6.45, 7) is 5.78. The smallest absolute Gasteiger partial charge is 0.323 e. The maximum Gasteiger partial charge on any atom is 0.323 e. The van der Waals surface area contributed by atoms with E-state index in [1.165, 1.54) is 4.90 Å². The van der Waals surface area contributed by atoms with Gasteiger partial charge < -0.3 is 19.5 Å².